The highest BCUT2D eigenvalue weighted by molar-refractivity contribution is 6.30. The minimum Gasteiger partial charge on any atom is -0.454 e. The number of carbonyl (C=O) groups excluding carboxylic acids is 3. The van der Waals surface area contributed by atoms with Crippen LogP contribution in [0.3, 0.4) is 0 Å². The fourth-order valence-electron chi connectivity index (χ4n) is 3.99. The van der Waals surface area contributed by atoms with Gasteiger partial charge >= 0.3 is 12.0 Å². The molecule has 2 atom stereocenters. The number of imide groups is 1. The molecule has 0 radical (unpaired) electrons. The van der Waals surface area contributed by atoms with Gasteiger partial charge in [-0.2, -0.15) is 4.98 Å². The van der Waals surface area contributed by atoms with Crippen molar-refractivity contribution in [3.63, 3.8) is 0 Å². The van der Waals surface area contributed by atoms with Crippen LogP contribution in [-0.4, -0.2) is 45.0 Å². The fourth-order valence-corrected chi connectivity index (χ4v) is 4.11. The number of hydrogen-bond acceptors (Lipinski definition) is 7. The van der Waals surface area contributed by atoms with Gasteiger partial charge in [-0.25, -0.2) is 4.79 Å². The van der Waals surface area contributed by atoms with E-state index in [0.29, 0.717) is 22.8 Å². The van der Waals surface area contributed by atoms with Gasteiger partial charge in [-0.3, -0.25) is 14.5 Å². The van der Waals surface area contributed by atoms with E-state index in [-0.39, 0.29) is 24.3 Å². The number of hydrogen-bond donors (Lipinski definition) is 1. The van der Waals surface area contributed by atoms with Crippen molar-refractivity contribution in [2.75, 3.05) is 6.54 Å². The van der Waals surface area contributed by atoms with Crippen molar-refractivity contribution in [1.29, 1.82) is 0 Å². The maximum atomic E-state index is 12.9. The number of carbonyl (C=O) groups is 3. The Morgan fingerprint density at radius 3 is 2.83 bits per heavy atom. The Hall–Kier alpha value is -2.94. The second-order valence-corrected chi connectivity index (χ2v) is 8.06. The Bertz CT molecular complexity index is 976. The lowest BCUT2D eigenvalue weighted by Gasteiger charge is -2.36. The number of amides is 3. The number of nitrogens with zero attached hydrogens (tertiary/aromatic N) is 3. The van der Waals surface area contributed by atoms with Crippen molar-refractivity contribution in [3.8, 4) is 11.4 Å². The fraction of sp³-hybridized carbons (Fsp3) is 0.450. The topological polar surface area (TPSA) is 115 Å². The number of urea groups is 1. The third kappa shape index (κ3) is 3.77. The molecule has 2 unspecified atom stereocenters. The Morgan fingerprint density at radius 2 is 2.10 bits per heavy atom. The van der Waals surface area contributed by atoms with Gasteiger partial charge in [0.05, 0.1) is 0 Å². The molecule has 30 heavy (non-hydrogen) atoms. The molecule has 1 saturated carbocycles. The van der Waals surface area contributed by atoms with E-state index in [4.69, 9.17) is 20.9 Å². The zero-order valence-electron chi connectivity index (χ0n) is 16.4. The summed E-state index contributed by atoms with van der Waals surface area (Å²) in [7, 11) is 0. The van der Waals surface area contributed by atoms with E-state index in [2.05, 4.69) is 15.5 Å². The summed E-state index contributed by atoms with van der Waals surface area (Å²) in [5.41, 5.74) is -0.206. The second kappa shape index (κ2) is 8.06. The third-order valence-electron chi connectivity index (χ3n) is 5.72. The van der Waals surface area contributed by atoms with Crippen LogP contribution in [0.2, 0.25) is 5.02 Å². The Morgan fingerprint density at radius 1 is 1.33 bits per heavy atom. The van der Waals surface area contributed by atoms with Crippen molar-refractivity contribution < 1.29 is 23.6 Å². The summed E-state index contributed by atoms with van der Waals surface area (Å²) in [6, 6.07) is 6.31. The highest BCUT2D eigenvalue weighted by atomic mass is 35.5. The standard InChI is InChI=1S/C20H21ClN4O5/c1-12-4-2-3-9-20(12)18(27)25(19(28)23-20)10-16(26)29-11-15-22-17(24-30-15)13-5-7-14(21)8-6-13/h5-8,12H,2-4,9-11H2,1H3,(H,23,28). The summed E-state index contributed by atoms with van der Waals surface area (Å²) in [5.74, 6) is -0.638. The molecule has 4 rings (SSSR count). The number of esters is 1. The van der Waals surface area contributed by atoms with E-state index >= 15 is 0 Å². The van der Waals surface area contributed by atoms with Gasteiger partial charge < -0.3 is 14.6 Å². The SMILES string of the molecule is CC1CCCCC12NC(=O)N(CC(=O)OCc1nc(-c3ccc(Cl)cc3)no1)C2=O. The molecule has 3 amide bonds. The molecule has 158 valence electrons. The van der Waals surface area contributed by atoms with E-state index < -0.39 is 24.1 Å². The minimum absolute atomic E-state index is 0.0217. The summed E-state index contributed by atoms with van der Waals surface area (Å²) in [6.45, 7) is 1.23. The molecule has 1 N–H and O–H groups in total. The number of ether oxygens (including phenoxy) is 1. The lowest BCUT2D eigenvalue weighted by molar-refractivity contribution is -0.150. The molecule has 0 bridgehead atoms. The smallest absolute Gasteiger partial charge is 0.326 e. The summed E-state index contributed by atoms with van der Waals surface area (Å²) in [4.78, 5) is 42.5. The van der Waals surface area contributed by atoms with Crippen molar-refractivity contribution in [1.82, 2.24) is 20.4 Å². The molecule has 9 nitrogen and oxygen atoms in total. The van der Waals surface area contributed by atoms with Crippen molar-refractivity contribution in [3.05, 3.63) is 35.2 Å². The second-order valence-electron chi connectivity index (χ2n) is 7.62. The van der Waals surface area contributed by atoms with Gasteiger partial charge in [0, 0.05) is 10.6 Å². The Labute approximate surface area is 177 Å². The molecule has 1 aliphatic heterocycles. The molecule has 1 saturated heterocycles. The number of aromatic nitrogens is 2. The molecule has 10 heteroatoms. The van der Waals surface area contributed by atoms with Gasteiger partial charge in [0.25, 0.3) is 11.8 Å². The van der Waals surface area contributed by atoms with Crippen LogP contribution in [0.1, 0.15) is 38.5 Å². The molecule has 2 fully saturated rings. The first-order valence-electron chi connectivity index (χ1n) is 9.77. The van der Waals surface area contributed by atoms with Gasteiger partial charge in [0.2, 0.25) is 5.82 Å². The van der Waals surface area contributed by atoms with Crippen molar-refractivity contribution in [2.24, 2.45) is 5.92 Å². The average Bonchev–Trinajstić information content (AvgIpc) is 3.29. The average molecular weight is 433 g/mol. The van der Waals surface area contributed by atoms with E-state index in [9.17, 15) is 14.4 Å². The molecule has 1 aromatic heterocycles. The van der Waals surface area contributed by atoms with Crippen LogP contribution in [0.4, 0.5) is 4.79 Å². The summed E-state index contributed by atoms with van der Waals surface area (Å²) < 4.78 is 10.2. The lowest BCUT2D eigenvalue weighted by atomic mass is 9.73. The van der Waals surface area contributed by atoms with Crippen LogP contribution in [-0.2, 0) is 20.9 Å². The van der Waals surface area contributed by atoms with Gasteiger partial charge in [0.15, 0.2) is 6.61 Å². The third-order valence-corrected chi connectivity index (χ3v) is 5.97. The van der Waals surface area contributed by atoms with Gasteiger partial charge in [-0.15, -0.1) is 0 Å². The molecule has 1 aliphatic carbocycles. The molecule has 1 spiro atoms. The first-order chi connectivity index (χ1) is 14.4. The van der Waals surface area contributed by atoms with Crippen molar-refractivity contribution >= 4 is 29.5 Å². The van der Waals surface area contributed by atoms with Crippen LogP contribution in [0, 0.1) is 5.92 Å². The van der Waals surface area contributed by atoms with Gasteiger partial charge in [0.1, 0.15) is 12.1 Å². The molecular formula is C20H21ClN4O5. The molecule has 2 heterocycles. The molecule has 1 aromatic carbocycles. The van der Waals surface area contributed by atoms with E-state index in [1.165, 1.54) is 0 Å². The number of halogens is 1. The number of rotatable bonds is 5. The largest absolute Gasteiger partial charge is 0.454 e. The summed E-state index contributed by atoms with van der Waals surface area (Å²) in [5, 5.41) is 7.23. The molecular weight excluding hydrogens is 412 g/mol. The van der Waals surface area contributed by atoms with Crippen LogP contribution in [0.25, 0.3) is 11.4 Å². The molecule has 2 aromatic rings. The first-order valence-corrected chi connectivity index (χ1v) is 10.1. The highest BCUT2D eigenvalue weighted by Gasteiger charge is 2.55. The Balaban J connectivity index is 1.35. The van der Waals surface area contributed by atoms with Crippen LogP contribution < -0.4 is 5.32 Å². The minimum atomic E-state index is -0.907. The van der Waals surface area contributed by atoms with E-state index in [0.717, 1.165) is 24.2 Å². The van der Waals surface area contributed by atoms with Gasteiger partial charge in [-0.05, 0) is 43.0 Å². The maximum Gasteiger partial charge on any atom is 0.326 e. The first kappa shape index (κ1) is 20.3. The van der Waals surface area contributed by atoms with Crippen LogP contribution >= 0.6 is 11.6 Å². The van der Waals surface area contributed by atoms with E-state index in [1.54, 1.807) is 24.3 Å². The highest BCUT2D eigenvalue weighted by Crippen LogP contribution is 2.38. The molecule has 2 aliphatic rings. The van der Waals surface area contributed by atoms with Crippen LogP contribution in [0.5, 0.6) is 0 Å². The Kier molecular flexibility index (Phi) is 5.46. The van der Waals surface area contributed by atoms with Crippen LogP contribution in [0.15, 0.2) is 28.8 Å². The number of benzene rings is 1. The van der Waals surface area contributed by atoms with Crippen molar-refractivity contribution in [2.45, 2.75) is 44.8 Å². The normalized spacial score (nSPS) is 23.7. The number of nitrogens with one attached hydrogen (secondary N) is 1. The lowest BCUT2D eigenvalue weighted by Crippen LogP contribution is -2.54. The summed E-state index contributed by atoms with van der Waals surface area (Å²) >= 11 is 5.86. The predicted molar refractivity (Wildman–Crippen MR) is 105 cm³/mol. The summed E-state index contributed by atoms with van der Waals surface area (Å²) in [6.07, 6.45) is 3.33. The van der Waals surface area contributed by atoms with E-state index in [1.807, 2.05) is 6.92 Å². The van der Waals surface area contributed by atoms with Gasteiger partial charge in [-0.1, -0.05) is 36.5 Å². The monoisotopic (exact) mass is 432 g/mol. The maximum absolute atomic E-state index is 12.9. The zero-order valence-corrected chi connectivity index (χ0v) is 17.1. The predicted octanol–water partition coefficient (Wildman–Crippen LogP) is 2.93. The zero-order chi connectivity index (χ0) is 21.3. The quantitative estimate of drug-likeness (QED) is 0.570.